The van der Waals surface area contributed by atoms with Crippen molar-refractivity contribution >= 4 is 29.0 Å². The van der Waals surface area contributed by atoms with Crippen LogP contribution in [0.2, 0.25) is 0 Å². The second-order valence-corrected chi connectivity index (χ2v) is 8.90. The summed E-state index contributed by atoms with van der Waals surface area (Å²) >= 11 is 1.34. The van der Waals surface area contributed by atoms with Gasteiger partial charge in [-0.05, 0) is 36.4 Å². The van der Waals surface area contributed by atoms with Crippen LogP contribution in [0, 0.1) is 11.6 Å². The molecular formula is C22H24F5N3O2S. The molecule has 1 N–H and O–H groups in total. The summed E-state index contributed by atoms with van der Waals surface area (Å²) < 4.78 is 75.6. The Kier molecular flexibility index (Phi) is 7.23. The van der Waals surface area contributed by atoms with Gasteiger partial charge in [-0.15, -0.1) is 11.8 Å². The maximum absolute atomic E-state index is 14.7. The fourth-order valence-electron chi connectivity index (χ4n) is 4.01. The average Bonchev–Trinajstić information content (AvgIpc) is 3.17. The number of carbonyl (C=O) groups excluding carboxylic acids is 1. The van der Waals surface area contributed by atoms with Gasteiger partial charge in [0.05, 0.1) is 11.6 Å². The van der Waals surface area contributed by atoms with Crippen LogP contribution in [0.5, 0.6) is 0 Å². The van der Waals surface area contributed by atoms with Crippen LogP contribution in [0.25, 0.3) is 0 Å². The molecule has 1 aromatic heterocycles. The number of benzene rings is 1. The van der Waals surface area contributed by atoms with E-state index in [9.17, 15) is 26.7 Å². The van der Waals surface area contributed by atoms with Crippen LogP contribution in [0.3, 0.4) is 0 Å². The molecule has 2 unspecified atom stereocenters. The number of anilines is 2. The van der Waals surface area contributed by atoms with Crippen LogP contribution in [-0.4, -0.2) is 48.6 Å². The van der Waals surface area contributed by atoms with E-state index in [1.165, 1.54) is 30.1 Å². The Balaban J connectivity index is 2.08. The first-order chi connectivity index (χ1) is 15.4. The van der Waals surface area contributed by atoms with Crippen molar-refractivity contribution in [3.63, 3.8) is 0 Å². The van der Waals surface area contributed by atoms with Gasteiger partial charge < -0.3 is 15.0 Å². The molecule has 3 rings (SSSR count). The summed E-state index contributed by atoms with van der Waals surface area (Å²) in [6, 6.07) is 3.81. The van der Waals surface area contributed by atoms with E-state index in [-0.39, 0.29) is 11.3 Å². The molecule has 1 saturated heterocycles. The minimum absolute atomic E-state index is 0.0201. The molecule has 1 fully saturated rings. The van der Waals surface area contributed by atoms with Crippen molar-refractivity contribution in [1.29, 1.82) is 0 Å². The van der Waals surface area contributed by atoms with Crippen LogP contribution in [0.15, 0.2) is 35.5 Å². The van der Waals surface area contributed by atoms with Gasteiger partial charge in [0.1, 0.15) is 6.04 Å². The molecule has 1 aliphatic heterocycles. The number of aromatic nitrogens is 1. The number of pyridine rings is 1. The second-order valence-electron chi connectivity index (χ2n) is 8.07. The maximum atomic E-state index is 14.7. The van der Waals surface area contributed by atoms with E-state index >= 15 is 0 Å². The zero-order valence-electron chi connectivity index (χ0n) is 18.5. The highest BCUT2D eigenvalue weighted by Crippen LogP contribution is 2.46. The molecule has 0 bridgehead atoms. The number of ether oxygens (including phenoxy) is 1. The minimum atomic E-state index is -4.80. The lowest BCUT2D eigenvalue weighted by Gasteiger charge is -2.31. The highest BCUT2D eigenvalue weighted by molar-refractivity contribution is 7.98. The van der Waals surface area contributed by atoms with Crippen molar-refractivity contribution in [2.45, 2.75) is 49.0 Å². The molecule has 0 aliphatic carbocycles. The Morgan fingerprint density at radius 3 is 2.58 bits per heavy atom. The molecule has 1 amide bonds. The zero-order chi connectivity index (χ0) is 24.6. The molecule has 5 nitrogen and oxygen atoms in total. The molecule has 0 radical (unpaired) electrons. The number of alkyl halides is 3. The van der Waals surface area contributed by atoms with E-state index in [0.29, 0.717) is 10.7 Å². The van der Waals surface area contributed by atoms with Crippen LogP contribution in [-0.2, 0) is 9.53 Å². The van der Waals surface area contributed by atoms with Gasteiger partial charge in [0.2, 0.25) is 5.91 Å². The average molecular weight is 490 g/mol. The van der Waals surface area contributed by atoms with E-state index in [2.05, 4.69) is 10.3 Å². The molecule has 0 spiro atoms. The number of amides is 1. The number of hydrogen-bond donors (Lipinski definition) is 1. The topological polar surface area (TPSA) is 54.5 Å². The smallest absolute Gasteiger partial charge is 0.367 e. The summed E-state index contributed by atoms with van der Waals surface area (Å²) in [6.07, 6.45) is -2.25. The van der Waals surface area contributed by atoms with Crippen LogP contribution in [0.1, 0.15) is 31.7 Å². The molecule has 2 aromatic rings. The third kappa shape index (κ3) is 4.79. The van der Waals surface area contributed by atoms with Crippen LogP contribution >= 0.6 is 11.8 Å². The molecule has 33 heavy (non-hydrogen) atoms. The van der Waals surface area contributed by atoms with E-state index in [1.54, 1.807) is 26.2 Å². The summed E-state index contributed by atoms with van der Waals surface area (Å²) in [4.78, 5) is 18.4. The standard InChI is InChI=1S/C22H24F5N3O2S/c1-12(2)18-15(6-5-14(23)19(18)24)30-11-21(32-3,22(25,26)27)10-16(30)20(31)29-13-7-8-28-17(9-13)33-4/h5-9,12,16H,10-11H2,1-4H3,(H,28,29,31). The largest absolute Gasteiger partial charge is 0.419 e. The number of methoxy groups -OCH3 is 1. The number of nitrogens with zero attached hydrogens (tertiary/aromatic N) is 2. The number of rotatable bonds is 6. The van der Waals surface area contributed by atoms with Crippen molar-refractivity contribution in [2.75, 3.05) is 30.1 Å². The highest BCUT2D eigenvalue weighted by atomic mass is 32.2. The third-order valence-corrected chi connectivity index (χ3v) is 6.38. The van der Waals surface area contributed by atoms with Crippen molar-refractivity contribution < 1.29 is 31.5 Å². The predicted octanol–water partition coefficient (Wildman–Crippen LogP) is 5.37. The number of nitrogens with one attached hydrogen (secondary N) is 1. The molecule has 2 atom stereocenters. The Labute approximate surface area is 192 Å². The Hall–Kier alpha value is -2.40. The van der Waals surface area contributed by atoms with Crippen LogP contribution in [0.4, 0.5) is 33.3 Å². The summed E-state index contributed by atoms with van der Waals surface area (Å²) in [6.45, 7) is 2.45. The number of halogens is 5. The SMILES string of the molecule is COC1(C(F)(F)F)CC(C(=O)Nc2ccnc(SC)c2)N(c2ccc(F)c(F)c2C(C)C)C1. The summed E-state index contributed by atoms with van der Waals surface area (Å²) in [5, 5.41) is 3.23. The van der Waals surface area contributed by atoms with Gasteiger partial charge in [-0.3, -0.25) is 4.79 Å². The monoisotopic (exact) mass is 489 g/mol. The molecule has 1 aliphatic rings. The summed E-state index contributed by atoms with van der Waals surface area (Å²) in [7, 11) is 0.925. The number of thioether (sulfide) groups is 1. The number of carbonyl (C=O) groups is 1. The lowest BCUT2D eigenvalue weighted by atomic mass is 9.98. The second kappa shape index (κ2) is 9.46. The summed E-state index contributed by atoms with van der Waals surface area (Å²) in [5.74, 6) is -3.54. The van der Waals surface area contributed by atoms with E-state index in [0.717, 1.165) is 18.1 Å². The third-order valence-electron chi connectivity index (χ3n) is 5.74. The van der Waals surface area contributed by atoms with Gasteiger partial charge in [0.15, 0.2) is 17.2 Å². The van der Waals surface area contributed by atoms with Gasteiger partial charge in [0, 0.05) is 36.7 Å². The first kappa shape index (κ1) is 25.2. The van der Waals surface area contributed by atoms with E-state index in [4.69, 9.17) is 4.74 Å². The van der Waals surface area contributed by atoms with Crippen molar-refractivity contribution in [3.8, 4) is 0 Å². The van der Waals surface area contributed by atoms with Crippen molar-refractivity contribution in [1.82, 2.24) is 4.98 Å². The van der Waals surface area contributed by atoms with E-state index in [1.807, 2.05) is 0 Å². The van der Waals surface area contributed by atoms with Gasteiger partial charge in [-0.1, -0.05) is 13.8 Å². The van der Waals surface area contributed by atoms with Crippen LogP contribution < -0.4 is 10.2 Å². The lowest BCUT2D eigenvalue weighted by Crippen LogP contribution is -2.49. The fraction of sp³-hybridized carbons (Fsp3) is 0.455. The summed E-state index contributed by atoms with van der Waals surface area (Å²) in [5.41, 5.74) is -2.38. The Morgan fingerprint density at radius 2 is 2.00 bits per heavy atom. The number of hydrogen-bond acceptors (Lipinski definition) is 5. The first-order valence-electron chi connectivity index (χ1n) is 10.1. The fourth-order valence-corrected chi connectivity index (χ4v) is 4.42. The zero-order valence-corrected chi connectivity index (χ0v) is 19.3. The molecular weight excluding hydrogens is 465 g/mol. The van der Waals surface area contributed by atoms with Gasteiger partial charge in [-0.2, -0.15) is 13.2 Å². The molecule has 1 aromatic carbocycles. The van der Waals surface area contributed by atoms with Gasteiger partial charge >= 0.3 is 6.18 Å². The predicted molar refractivity (Wildman–Crippen MR) is 117 cm³/mol. The quantitative estimate of drug-likeness (QED) is 0.437. The molecule has 180 valence electrons. The van der Waals surface area contributed by atoms with Crippen molar-refractivity contribution in [3.05, 3.63) is 47.7 Å². The lowest BCUT2D eigenvalue weighted by molar-refractivity contribution is -0.261. The van der Waals surface area contributed by atoms with Gasteiger partial charge in [0.25, 0.3) is 0 Å². The highest BCUT2D eigenvalue weighted by Gasteiger charge is 2.63. The normalized spacial score (nSPS) is 21.0. The Morgan fingerprint density at radius 1 is 1.30 bits per heavy atom. The van der Waals surface area contributed by atoms with Crippen molar-refractivity contribution in [2.24, 2.45) is 0 Å². The molecule has 2 heterocycles. The Bertz CT molecular complexity index is 1030. The molecule has 11 heteroatoms. The molecule has 0 saturated carbocycles. The maximum Gasteiger partial charge on any atom is 0.419 e. The van der Waals surface area contributed by atoms with Gasteiger partial charge in [-0.25, -0.2) is 13.8 Å². The first-order valence-corrected chi connectivity index (χ1v) is 11.3. The van der Waals surface area contributed by atoms with E-state index < -0.39 is 54.2 Å². The minimum Gasteiger partial charge on any atom is -0.367 e.